The normalized spacial score (nSPS) is 14.2. The number of carbonyl (C=O) groups excluding carboxylic acids is 1. The molecule has 144 valence electrons. The highest BCUT2D eigenvalue weighted by atomic mass is 19.1. The van der Waals surface area contributed by atoms with Gasteiger partial charge in [-0.15, -0.1) is 0 Å². The zero-order valence-electron chi connectivity index (χ0n) is 16.8. The van der Waals surface area contributed by atoms with Crippen molar-refractivity contribution >= 4 is 11.7 Å². The molecule has 27 heavy (non-hydrogen) atoms. The summed E-state index contributed by atoms with van der Waals surface area (Å²) in [7, 11) is 0. The lowest BCUT2D eigenvalue weighted by atomic mass is 9.88. The van der Waals surface area contributed by atoms with Gasteiger partial charge in [0, 0.05) is 55.0 Å². The van der Waals surface area contributed by atoms with Crippen molar-refractivity contribution in [2.24, 2.45) is 5.41 Å². The number of anilines is 1. The number of aromatic nitrogens is 3. The molecule has 0 amide bonds. The van der Waals surface area contributed by atoms with Crippen molar-refractivity contribution in [3.63, 3.8) is 0 Å². The van der Waals surface area contributed by atoms with E-state index >= 15 is 0 Å². The maximum absolute atomic E-state index is 13.5. The summed E-state index contributed by atoms with van der Waals surface area (Å²) in [6.07, 6.45) is 2.91. The first kappa shape index (κ1) is 19.4. The van der Waals surface area contributed by atoms with Crippen LogP contribution in [0.2, 0.25) is 0 Å². The Morgan fingerprint density at radius 3 is 2.52 bits per heavy atom. The molecule has 0 spiro atoms. The van der Waals surface area contributed by atoms with Gasteiger partial charge < -0.3 is 4.90 Å². The molecule has 0 radical (unpaired) electrons. The second kappa shape index (κ2) is 7.33. The number of Topliss-reactive ketones (excluding diaryl/α,β-unsaturated/α-hetero) is 1. The first-order valence-corrected chi connectivity index (χ1v) is 9.36. The Morgan fingerprint density at radius 2 is 1.89 bits per heavy atom. The molecule has 1 aliphatic heterocycles. The quantitative estimate of drug-likeness (QED) is 0.821. The molecular formula is C21H27FN4O. The van der Waals surface area contributed by atoms with Crippen molar-refractivity contribution in [1.82, 2.24) is 15.0 Å². The van der Waals surface area contributed by atoms with Gasteiger partial charge in [-0.3, -0.25) is 9.78 Å². The first-order valence-electron chi connectivity index (χ1n) is 9.36. The molecule has 5 nitrogen and oxygen atoms in total. The maximum Gasteiger partial charge on any atom is 0.226 e. The summed E-state index contributed by atoms with van der Waals surface area (Å²) >= 11 is 0. The highest BCUT2D eigenvalue weighted by molar-refractivity contribution is 5.81. The Kier molecular flexibility index (Phi) is 5.27. The predicted molar refractivity (Wildman–Crippen MR) is 103 cm³/mol. The van der Waals surface area contributed by atoms with E-state index in [-0.39, 0.29) is 17.0 Å². The van der Waals surface area contributed by atoms with Gasteiger partial charge in [0.2, 0.25) is 5.95 Å². The van der Waals surface area contributed by atoms with Gasteiger partial charge >= 0.3 is 0 Å². The minimum Gasteiger partial charge on any atom is -0.336 e. The monoisotopic (exact) mass is 370 g/mol. The van der Waals surface area contributed by atoms with Gasteiger partial charge in [-0.1, -0.05) is 20.8 Å². The standard InChI is InChI=1S/C21H27FN4O/c1-13-18(9-17(27)10-21(3,4)5)14(2)25-20(24-13)26-7-6-19-15(12-26)8-16(22)11-23-19/h8,11H,6-7,9-10,12H2,1-5H3. The van der Waals surface area contributed by atoms with Crippen molar-refractivity contribution in [1.29, 1.82) is 0 Å². The summed E-state index contributed by atoms with van der Waals surface area (Å²) in [6, 6.07) is 1.54. The topological polar surface area (TPSA) is 59.0 Å². The number of carbonyl (C=O) groups is 1. The number of fused-ring (bicyclic) bond motifs is 1. The lowest BCUT2D eigenvalue weighted by molar-refractivity contribution is -0.120. The minimum atomic E-state index is -0.323. The zero-order valence-corrected chi connectivity index (χ0v) is 16.8. The summed E-state index contributed by atoms with van der Waals surface area (Å²) < 4.78 is 13.5. The zero-order chi connectivity index (χ0) is 19.8. The number of ketones is 1. The molecule has 2 aromatic rings. The van der Waals surface area contributed by atoms with Crippen LogP contribution in [0.15, 0.2) is 12.3 Å². The molecule has 0 bridgehead atoms. The van der Waals surface area contributed by atoms with Crippen LogP contribution in [0.1, 0.15) is 55.4 Å². The number of nitrogens with zero attached hydrogens (tertiary/aromatic N) is 4. The van der Waals surface area contributed by atoms with Crippen molar-refractivity contribution in [2.45, 2.75) is 60.4 Å². The average molecular weight is 370 g/mol. The van der Waals surface area contributed by atoms with E-state index in [1.54, 1.807) is 0 Å². The summed E-state index contributed by atoms with van der Waals surface area (Å²) in [5.41, 5.74) is 4.38. The number of aryl methyl sites for hydroxylation is 2. The molecule has 1 aliphatic rings. The van der Waals surface area contributed by atoms with Gasteiger partial charge in [0.25, 0.3) is 0 Å². The van der Waals surface area contributed by atoms with Crippen LogP contribution in [-0.4, -0.2) is 27.3 Å². The van der Waals surface area contributed by atoms with Crippen LogP contribution in [0.25, 0.3) is 0 Å². The third kappa shape index (κ3) is 4.67. The van der Waals surface area contributed by atoms with E-state index in [9.17, 15) is 9.18 Å². The number of hydrogen-bond donors (Lipinski definition) is 0. The van der Waals surface area contributed by atoms with E-state index in [0.717, 1.165) is 41.2 Å². The molecule has 0 saturated carbocycles. The van der Waals surface area contributed by atoms with Gasteiger partial charge in [0.1, 0.15) is 11.6 Å². The number of hydrogen-bond acceptors (Lipinski definition) is 5. The van der Waals surface area contributed by atoms with Crippen molar-refractivity contribution in [2.75, 3.05) is 11.4 Å². The van der Waals surface area contributed by atoms with Crippen LogP contribution in [0, 0.1) is 25.1 Å². The van der Waals surface area contributed by atoms with Crippen molar-refractivity contribution in [3.05, 3.63) is 46.3 Å². The Bertz CT molecular complexity index is 850. The number of halogens is 1. The van der Waals surface area contributed by atoms with Gasteiger partial charge in [-0.25, -0.2) is 14.4 Å². The van der Waals surface area contributed by atoms with Crippen LogP contribution in [0.3, 0.4) is 0 Å². The largest absolute Gasteiger partial charge is 0.336 e. The van der Waals surface area contributed by atoms with Crippen LogP contribution < -0.4 is 4.90 Å². The average Bonchev–Trinajstić information content (AvgIpc) is 2.55. The van der Waals surface area contributed by atoms with Crippen LogP contribution in [0.4, 0.5) is 10.3 Å². The van der Waals surface area contributed by atoms with Gasteiger partial charge in [0.15, 0.2) is 0 Å². The summed E-state index contributed by atoms with van der Waals surface area (Å²) in [5, 5.41) is 0. The highest BCUT2D eigenvalue weighted by Gasteiger charge is 2.23. The van der Waals surface area contributed by atoms with Gasteiger partial charge in [-0.2, -0.15) is 0 Å². The molecule has 0 aromatic carbocycles. The summed E-state index contributed by atoms with van der Waals surface area (Å²) in [5.74, 6) is 0.516. The number of rotatable bonds is 4. The number of pyridine rings is 1. The molecule has 3 rings (SSSR count). The summed E-state index contributed by atoms with van der Waals surface area (Å²) in [4.78, 5) is 27.9. The van der Waals surface area contributed by atoms with E-state index < -0.39 is 0 Å². The Labute approximate surface area is 160 Å². The molecule has 0 fully saturated rings. The first-order chi connectivity index (χ1) is 12.6. The molecule has 0 saturated heterocycles. The van der Waals surface area contributed by atoms with E-state index in [2.05, 4.69) is 35.7 Å². The van der Waals surface area contributed by atoms with Gasteiger partial charge in [0.05, 0.1) is 6.20 Å². The van der Waals surface area contributed by atoms with E-state index in [0.29, 0.717) is 25.3 Å². The Hall–Kier alpha value is -2.37. The highest BCUT2D eigenvalue weighted by Crippen LogP contribution is 2.25. The van der Waals surface area contributed by atoms with E-state index in [1.165, 1.54) is 12.3 Å². The summed E-state index contributed by atoms with van der Waals surface area (Å²) in [6.45, 7) is 11.3. The van der Waals surface area contributed by atoms with Crippen molar-refractivity contribution in [3.8, 4) is 0 Å². The predicted octanol–water partition coefficient (Wildman–Crippen LogP) is 3.74. The minimum absolute atomic E-state index is 0.0236. The lowest BCUT2D eigenvalue weighted by Gasteiger charge is -2.29. The van der Waals surface area contributed by atoms with E-state index in [4.69, 9.17) is 0 Å². The molecule has 6 heteroatoms. The fourth-order valence-corrected chi connectivity index (χ4v) is 3.54. The molecule has 3 heterocycles. The van der Waals surface area contributed by atoms with Crippen molar-refractivity contribution < 1.29 is 9.18 Å². The lowest BCUT2D eigenvalue weighted by Crippen LogP contribution is -2.33. The second-order valence-electron chi connectivity index (χ2n) is 8.56. The Balaban J connectivity index is 1.80. The maximum atomic E-state index is 13.5. The molecule has 0 unspecified atom stereocenters. The van der Waals surface area contributed by atoms with Crippen LogP contribution in [-0.2, 0) is 24.2 Å². The van der Waals surface area contributed by atoms with Crippen LogP contribution in [0.5, 0.6) is 0 Å². The molecule has 2 aromatic heterocycles. The SMILES string of the molecule is Cc1nc(N2CCc3ncc(F)cc3C2)nc(C)c1CC(=O)CC(C)(C)C. The molecule has 0 atom stereocenters. The molecule has 0 aliphatic carbocycles. The Morgan fingerprint density at radius 1 is 1.22 bits per heavy atom. The van der Waals surface area contributed by atoms with E-state index in [1.807, 2.05) is 18.7 Å². The second-order valence-corrected chi connectivity index (χ2v) is 8.56. The molecule has 0 N–H and O–H groups in total. The fourth-order valence-electron chi connectivity index (χ4n) is 3.54. The third-order valence-corrected chi connectivity index (χ3v) is 4.80. The molecular weight excluding hydrogens is 343 g/mol. The fraction of sp³-hybridized carbons (Fsp3) is 0.524. The smallest absolute Gasteiger partial charge is 0.226 e. The third-order valence-electron chi connectivity index (χ3n) is 4.80. The van der Waals surface area contributed by atoms with Gasteiger partial charge in [-0.05, 0) is 30.9 Å². The van der Waals surface area contributed by atoms with Crippen LogP contribution >= 0.6 is 0 Å².